The van der Waals surface area contributed by atoms with Crippen LogP contribution in [0.25, 0.3) is 0 Å². The minimum atomic E-state index is 0.226. The highest BCUT2D eigenvalue weighted by Crippen LogP contribution is 1.92. The molecule has 3 N–H and O–H groups in total. The van der Waals surface area contributed by atoms with Gasteiger partial charge in [0.25, 0.3) is 0 Å². The van der Waals surface area contributed by atoms with Crippen molar-refractivity contribution >= 4 is 0 Å². The zero-order chi connectivity index (χ0) is 8.69. The highest BCUT2D eigenvalue weighted by atomic mass is 16.3. The fourth-order valence-electron chi connectivity index (χ4n) is 0.981. The van der Waals surface area contributed by atoms with Gasteiger partial charge in [-0.2, -0.15) is 0 Å². The maximum Gasteiger partial charge on any atom is 0.0558 e. The fraction of sp³-hybridized carbons (Fsp3) is 1.00. The summed E-state index contributed by atoms with van der Waals surface area (Å²) in [5.41, 5.74) is 5.76. The average molecular weight is 160 g/mol. The van der Waals surface area contributed by atoms with E-state index < -0.39 is 0 Å². The number of nitrogens with zero attached hydrogens (tertiary/aromatic N) is 1. The summed E-state index contributed by atoms with van der Waals surface area (Å²) in [7, 11) is 0. The predicted molar refractivity (Wildman–Crippen MR) is 47.5 cm³/mol. The van der Waals surface area contributed by atoms with Crippen molar-refractivity contribution < 1.29 is 5.11 Å². The van der Waals surface area contributed by atoms with Crippen molar-refractivity contribution in [3.05, 3.63) is 0 Å². The lowest BCUT2D eigenvalue weighted by molar-refractivity contribution is 0.193. The van der Waals surface area contributed by atoms with Gasteiger partial charge in [-0.05, 0) is 13.0 Å². The summed E-state index contributed by atoms with van der Waals surface area (Å²) in [6.07, 6.45) is 1.00. The van der Waals surface area contributed by atoms with E-state index in [-0.39, 0.29) is 12.6 Å². The molecule has 0 radical (unpaired) electrons. The van der Waals surface area contributed by atoms with Crippen LogP contribution in [0.4, 0.5) is 0 Å². The Morgan fingerprint density at radius 3 is 2.45 bits per heavy atom. The van der Waals surface area contributed by atoms with Crippen LogP contribution in [0.2, 0.25) is 0 Å². The van der Waals surface area contributed by atoms with Gasteiger partial charge < -0.3 is 10.8 Å². The van der Waals surface area contributed by atoms with Crippen LogP contribution in [0.15, 0.2) is 0 Å². The third kappa shape index (κ3) is 5.18. The second-order valence-corrected chi connectivity index (χ2v) is 2.79. The van der Waals surface area contributed by atoms with E-state index in [1.165, 1.54) is 0 Å². The summed E-state index contributed by atoms with van der Waals surface area (Å²) >= 11 is 0. The van der Waals surface area contributed by atoms with Crippen LogP contribution in [0.3, 0.4) is 0 Å². The quantitative estimate of drug-likeness (QED) is 0.576. The lowest BCUT2D eigenvalue weighted by atomic mass is 10.2. The molecule has 68 valence electrons. The standard InChI is InChI=1S/C8H20N2O/c1-3-8(9)7-10(4-2)5-6-11/h8,11H,3-7,9H2,1-2H3. The highest BCUT2D eigenvalue weighted by Gasteiger charge is 2.05. The molecule has 0 aromatic rings. The smallest absolute Gasteiger partial charge is 0.0558 e. The molecule has 0 aliphatic rings. The van der Waals surface area contributed by atoms with Gasteiger partial charge in [-0.3, -0.25) is 4.90 Å². The predicted octanol–water partition coefficient (Wildman–Crippen LogP) is 0.0379. The van der Waals surface area contributed by atoms with Crippen molar-refractivity contribution in [2.75, 3.05) is 26.2 Å². The van der Waals surface area contributed by atoms with E-state index in [4.69, 9.17) is 10.8 Å². The third-order valence-corrected chi connectivity index (χ3v) is 1.88. The lowest BCUT2D eigenvalue weighted by Gasteiger charge is -2.22. The summed E-state index contributed by atoms with van der Waals surface area (Å²) in [4.78, 5) is 2.16. The van der Waals surface area contributed by atoms with Gasteiger partial charge in [-0.1, -0.05) is 13.8 Å². The molecule has 0 amide bonds. The number of hydrogen-bond acceptors (Lipinski definition) is 3. The lowest BCUT2D eigenvalue weighted by Crippen LogP contribution is -2.38. The first-order valence-electron chi connectivity index (χ1n) is 4.33. The first-order chi connectivity index (χ1) is 5.24. The summed E-state index contributed by atoms with van der Waals surface area (Å²) in [5, 5.41) is 8.67. The molecule has 3 heteroatoms. The molecule has 0 aromatic carbocycles. The summed E-state index contributed by atoms with van der Waals surface area (Å²) < 4.78 is 0. The van der Waals surface area contributed by atoms with E-state index in [0.29, 0.717) is 0 Å². The van der Waals surface area contributed by atoms with E-state index >= 15 is 0 Å². The van der Waals surface area contributed by atoms with E-state index in [1.807, 2.05) is 0 Å². The van der Waals surface area contributed by atoms with Gasteiger partial charge in [0.15, 0.2) is 0 Å². The number of aliphatic hydroxyl groups excluding tert-OH is 1. The van der Waals surface area contributed by atoms with Gasteiger partial charge in [0.2, 0.25) is 0 Å². The van der Waals surface area contributed by atoms with Crippen LogP contribution in [0.5, 0.6) is 0 Å². The van der Waals surface area contributed by atoms with Crippen molar-refractivity contribution in [3.8, 4) is 0 Å². The molecule has 0 rings (SSSR count). The Balaban J connectivity index is 3.49. The van der Waals surface area contributed by atoms with Crippen LogP contribution >= 0.6 is 0 Å². The normalized spacial score (nSPS) is 13.9. The second kappa shape index (κ2) is 6.58. The number of nitrogens with two attached hydrogens (primary N) is 1. The maximum absolute atomic E-state index is 8.67. The molecule has 0 saturated carbocycles. The van der Waals surface area contributed by atoms with Crippen LogP contribution in [-0.2, 0) is 0 Å². The second-order valence-electron chi connectivity index (χ2n) is 2.79. The van der Waals surface area contributed by atoms with Crippen LogP contribution in [0.1, 0.15) is 20.3 Å². The molecule has 0 spiro atoms. The van der Waals surface area contributed by atoms with Crippen molar-refractivity contribution in [2.45, 2.75) is 26.3 Å². The van der Waals surface area contributed by atoms with Crippen molar-refractivity contribution in [1.29, 1.82) is 0 Å². The Labute approximate surface area is 69.2 Å². The van der Waals surface area contributed by atoms with Gasteiger partial charge in [-0.15, -0.1) is 0 Å². The molecule has 0 aliphatic heterocycles. The Morgan fingerprint density at radius 2 is 2.09 bits per heavy atom. The SMILES string of the molecule is CCC(N)CN(CC)CCO. The van der Waals surface area contributed by atoms with Crippen LogP contribution in [0, 0.1) is 0 Å². The Kier molecular flexibility index (Phi) is 6.51. The molecule has 0 aromatic heterocycles. The topological polar surface area (TPSA) is 49.5 Å². The number of aliphatic hydroxyl groups is 1. The molecule has 0 fully saturated rings. The van der Waals surface area contributed by atoms with E-state index in [1.54, 1.807) is 0 Å². The molecule has 11 heavy (non-hydrogen) atoms. The van der Waals surface area contributed by atoms with E-state index in [0.717, 1.165) is 26.1 Å². The average Bonchev–Trinajstić information content (AvgIpc) is 2.03. The molecular formula is C8H20N2O. The first-order valence-corrected chi connectivity index (χ1v) is 4.33. The molecular weight excluding hydrogens is 140 g/mol. The zero-order valence-electron chi connectivity index (χ0n) is 7.58. The summed E-state index contributed by atoms with van der Waals surface area (Å²) in [6, 6.07) is 0.251. The molecule has 0 aliphatic carbocycles. The van der Waals surface area contributed by atoms with Gasteiger partial charge in [0, 0.05) is 19.1 Å². The van der Waals surface area contributed by atoms with Gasteiger partial charge >= 0.3 is 0 Å². The molecule has 1 unspecified atom stereocenters. The van der Waals surface area contributed by atoms with Crippen LogP contribution < -0.4 is 5.73 Å². The maximum atomic E-state index is 8.67. The molecule has 0 bridgehead atoms. The van der Waals surface area contributed by atoms with Gasteiger partial charge in [0.05, 0.1) is 6.61 Å². The largest absolute Gasteiger partial charge is 0.395 e. The Hall–Kier alpha value is -0.120. The Bertz CT molecular complexity index is 88.2. The third-order valence-electron chi connectivity index (χ3n) is 1.88. The zero-order valence-corrected chi connectivity index (χ0v) is 7.58. The Morgan fingerprint density at radius 1 is 1.45 bits per heavy atom. The van der Waals surface area contributed by atoms with Crippen molar-refractivity contribution in [2.24, 2.45) is 5.73 Å². The number of hydrogen-bond donors (Lipinski definition) is 2. The van der Waals surface area contributed by atoms with Gasteiger partial charge in [-0.25, -0.2) is 0 Å². The van der Waals surface area contributed by atoms with E-state index in [2.05, 4.69) is 18.7 Å². The summed E-state index contributed by atoms with van der Waals surface area (Å²) in [6.45, 7) is 6.99. The molecule has 1 atom stereocenters. The minimum Gasteiger partial charge on any atom is -0.395 e. The monoisotopic (exact) mass is 160 g/mol. The van der Waals surface area contributed by atoms with Crippen molar-refractivity contribution in [3.63, 3.8) is 0 Å². The molecule has 3 nitrogen and oxygen atoms in total. The highest BCUT2D eigenvalue weighted by molar-refractivity contribution is 4.65. The molecule has 0 heterocycles. The number of rotatable bonds is 6. The van der Waals surface area contributed by atoms with Crippen molar-refractivity contribution in [1.82, 2.24) is 4.90 Å². The number of likely N-dealkylation sites (N-methyl/N-ethyl adjacent to an activating group) is 1. The fourth-order valence-corrected chi connectivity index (χ4v) is 0.981. The van der Waals surface area contributed by atoms with E-state index in [9.17, 15) is 0 Å². The van der Waals surface area contributed by atoms with Crippen LogP contribution in [-0.4, -0.2) is 42.3 Å². The van der Waals surface area contributed by atoms with Gasteiger partial charge in [0.1, 0.15) is 0 Å². The first kappa shape index (κ1) is 10.9. The summed E-state index contributed by atoms with van der Waals surface area (Å²) in [5.74, 6) is 0. The molecule has 0 saturated heterocycles. The minimum absolute atomic E-state index is 0.226.